The van der Waals surface area contributed by atoms with Gasteiger partial charge in [0.2, 0.25) is 0 Å². The fraction of sp³-hybridized carbons (Fsp3) is 1.00. The van der Waals surface area contributed by atoms with Crippen LogP contribution in [0, 0.1) is 17.8 Å². The summed E-state index contributed by atoms with van der Waals surface area (Å²) in [5.74, 6) is 2.31. The first-order valence-corrected chi connectivity index (χ1v) is 7.31. The molecular formula is C15H30O. The van der Waals surface area contributed by atoms with Crippen molar-refractivity contribution < 1.29 is 5.11 Å². The second-order valence-electron chi connectivity index (χ2n) is 6.12. The van der Waals surface area contributed by atoms with Crippen molar-refractivity contribution in [2.24, 2.45) is 17.8 Å². The van der Waals surface area contributed by atoms with E-state index in [9.17, 15) is 5.11 Å². The zero-order valence-electron chi connectivity index (χ0n) is 11.4. The van der Waals surface area contributed by atoms with Crippen LogP contribution in [0.15, 0.2) is 0 Å². The summed E-state index contributed by atoms with van der Waals surface area (Å²) >= 11 is 0. The monoisotopic (exact) mass is 226 g/mol. The Kier molecular flexibility index (Phi) is 6.41. The lowest BCUT2D eigenvalue weighted by Gasteiger charge is -2.33. The van der Waals surface area contributed by atoms with Gasteiger partial charge in [0, 0.05) is 0 Å². The van der Waals surface area contributed by atoms with Crippen molar-refractivity contribution in [3.8, 4) is 0 Å². The molecule has 1 N–H and O–H groups in total. The molecule has 1 saturated carbocycles. The maximum atomic E-state index is 10.0. The maximum Gasteiger partial charge on any atom is 0.0568 e. The van der Waals surface area contributed by atoms with Crippen LogP contribution in [-0.2, 0) is 0 Å². The van der Waals surface area contributed by atoms with Gasteiger partial charge in [-0.15, -0.1) is 0 Å². The minimum Gasteiger partial charge on any atom is -0.393 e. The minimum absolute atomic E-state index is 0.000248. The third-order valence-corrected chi connectivity index (χ3v) is 4.10. The Bertz CT molecular complexity index is 176. The van der Waals surface area contributed by atoms with E-state index in [0.717, 1.165) is 18.3 Å². The molecule has 3 unspecified atom stereocenters. The van der Waals surface area contributed by atoms with Gasteiger partial charge in [-0.25, -0.2) is 0 Å². The molecular weight excluding hydrogens is 196 g/mol. The predicted molar refractivity (Wildman–Crippen MR) is 70.4 cm³/mol. The van der Waals surface area contributed by atoms with E-state index in [0.29, 0.717) is 5.92 Å². The van der Waals surface area contributed by atoms with E-state index in [1.165, 1.54) is 44.9 Å². The van der Waals surface area contributed by atoms with Gasteiger partial charge in [0.15, 0.2) is 0 Å². The van der Waals surface area contributed by atoms with Crippen molar-refractivity contribution in [2.75, 3.05) is 0 Å². The fourth-order valence-corrected chi connectivity index (χ4v) is 3.11. The third kappa shape index (κ3) is 4.86. The lowest BCUT2D eigenvalue weighted by molar-refractivity contribution is 0.0402. The van der Waals surface area contributed by atoms with Gasteiger partial charge in [-0.2, -0.15) is 0 Å². The van der Waals surface area contributed by atoms with Crippen LogP contribution in [-0.4, -0.2) is 11.2 Å². The molecule has 1 rings (SSSR count). The summed E-state index contributed by atoms with van der Waals surface area (Å²) in [5, 5.41) is 10.0. The van der Waals surface area contributed by atoms with E-state index in [-0.39, 0.29) is 6.10 Å². The molecule has 0 aromatic heterocycles. The number of rotatable bonds is 6. The van der Waals surface area contributed by atoms with Crippen LogP contribution in [0.4, 0.5) is 0 Å². The van der Waals surface area contributed by atoms with Crippen molar-refractivity contribution >= 4 is 0 Å². The van der Waals surface area contributed by atoms with Crippen molar-refractivity contribution in [1.82, 2.24) is 0 Å². The largest absolute Gasteiger partial charge is 0.393 e. The number of aliphatic hydroxyl groups is 1. The first-order valence-electron chi connectivity index (χ1n) is 7.31. The second kappa shape index (κ2) is 7.32. The lowest BCUT2D eigenvalue weighted by atomic mass is 9.75. The normalized spacial score (nSPS) is 30.9. The van der Waals surface area contributed by atoms with Crippen LogP contribution in [0.1, 0.15) is 72.1 Å². The van der Waals surface area contributed by atoms with Crippen molar-refractivity contribution in [2.45, 2.75) is 78.2 Å². The highest BCUT2D eigenvalue weighted by molar-refractivity contribution is 4.79. The summed E-state index contributed by atoms with van der Waals surface area (Å²) in [7, 11) is 0. The highest BCUT2D eigenvalue weighted by Gasteiger charge is 2.28. The zero-order chi connectivity index (χ0) is 12.0. The molecule has 1 nitrogen and oxygen atoms in total. The fourth-order valence-electron chi connectivity index (χ4n) is 3.11. The molecule has 3 atom stereocenters. The number of hydrogen-bond donors (Lipinski definition) is 1. The van der Waals surface area contributed by atoms with Gasteiger partial charge < -0.3 is 5.11 Å². The Hall–Kier alpha value is -0.0400. The van der Waals surface area contributed by atoms with Crippen molar-refractivity contribution in [3.05, 3.63) is 0 Å². The zero-order valence-corrected chi connectivity index (χ0v) is 11.4. The van der Waals surface area contributed by atoms with Crippen LogP contribution in [0.3, 0.4) is 0 Å². The minimum atomic E-state index is 0.000248. The molecule has 1 aliphatic carbocycles. The molecule has 0 saturated heterocycles. The van der Waals surface area contributed by atoms with Gasteiger partial charge in [0.25, 0.3) is 0 Å². The molecule has 16 heavy (non-hydrogen) atoms. The molecule has 0 aromatic rings. The number of aliphatic hydroxyl groups excluding tert-OH is 1. The van der Waals surface area contributed by atoms with Crippen LogP contribution < -0.4 is 0 Å². The molecule has 0 bridgehead atoms. The standard InChI is InChI=1S/C15H30O/c1-4-6-13-9-10-15(16)14(11-13)8-5-7-12(2)3/h12-16H,4-11H2,1-3H3. The summed E-state index contributed by atoms with van der Waals surface area (Å²) in [6.07, 6.45) is 10.1. The maximum absolute atomic E-state index is 10.0. The molecule has 0 radical (unpaired) electrons. The first-order chi connectivity index (χ1) is 7.63. The quantitative estimate of drug-likeness (QED) is 0.712. The first kappa shape index (κ1) is 14.0. The molecule has 0 aliphatic heterocycles. The second-order valence-corrected chi connectivity index (χ2v) is 6.12. The molecule has 96 valence electrons. The van der Waals surface area contributed by atoms with E-state index < -0.39 is 0 Å². The molecule has 0 spiro atoms. The Morgan fingerprint density at radius 2 is 1.94 bits per heavy atom. The average Bonchev–Trinajstić information content (AvgIpc) is 2.22. The van der Waals surface area contributed by atoms with Crippen molar-refractivity contribution in [1.29, 1.82) is 0 Å². The van der Waals surface area contributed by atoms with E-state index in [2.05, 4.69) is 20.8 Å². The molecule has 1 heteroatoms. The van der Waals surface area contributed by atoms with Crippen LogP contribution >= 0.6 is 0 Å². The van der Waals surface area contributed by atoms with Gasteiger partial charge >= 0.3 is 0 Å². The van der Waals surface area contributed by atoms with Crippen LogP contribution in [0.2, 0.25) is 0 Å². The topological polar surface area (TPSA) is 20.2 Å². The molecule has 0 heterocycles. The van der Waals surface area contributed by atoms with Gasteiger partial charge in [-0.05, 0) is 43.4 Å². The molecule has 1 fully saturated rings. The highest BCUT2D eigenvalue weighted by Crippen LogP contribution is 2.35. The lowest BCUT2D eigenvalue weighted by Crippen LogP contribution is -2.29. The van der Waals surface area contributed by atoms with Crippen LogP contribution in [0.5, 0.6) is 0 Å². The summed E-state index contributed by atoms with van der Waals surface area (Å²) < 4.78 is 0. The Balaban J connectivity index is 2.26. The highest BCUT2D eigenvalue weighted by atomic mass is 16.3. The Labute approximate surface area is 102 Å². The molecule has 1 aliphatic rings. The number of hydrogen-bond acceptors (Lipinski definition) is 1. The average molecular weight is 226 g/mol. The van der Waals surface area contributed by atoms with Gasteiger partial charge in [0.1, 0.15) is 0 Å². The van der Waals surface area contributed by atoms with Gasteiger partial charge in [0.05, 0.1) is 6.10 Å². The molecule has 0 aromatic carbocycles. The van der Waals surface area contributed by atoms with Crippen molar-refractivity contribution in [3.63, 3.8) is 0 Å². The van der Waals surface area contributed by atoms with E-state index in [4.69, 9.17) is 0 Å². The van der Waals surface area contributed by atoms with Crippen LogP contribution in [0.25, 0.3) is 0 Å². The summed E-state index contributed by atoms with van der Waals surface area (Å²) in [6.45, 7) is 6.85. The summed E-state index contributed by atoms with van der Waals surface area (Å²) in [5.41, 5.74) is 0. The van der Waals surface area contributed by atoms with Gasteiger partial charge in [-0.3, -0.25) is 0 Å². The molecule has 0 amide bonds. The Morgan fingerprint density at radius 1 is 1.19 bits per heavy atom. The van der Waals surface area contributed by atoms with E-state index in [1.54, 1.807) is 0 Å². The SMILES string of the molecule is CCCC1CCC(O)C(CCCC(C)C)C1. The van der Waals surface area contributed by atoms with E-state index >= 15 is 0 Å². The smallest absolute Gasteiger partial charge is 0.0568 e. The Morgan fingerprint density at radius 3 is 2.56 bits per heavy atom. The third-order valence-electron chi connectivity index (χ3n) is 4.10. The summed E-state index contributed by atoms with van der Waals surface area (Å²) in [6, 6.07) is 0. The van der Waals surface area contributed by atoms with Gasteiger partial charge in [-0.1, -0.05) is 46.5 Å². The van der Waals surface area contributed by atoms with E-state index in [1.807, 2.05) is 0 Å². The predicted octanol–water partition coefficient (Wildman–Crippen LogP) is 4.39. The summed E-state index contributed by atoms with van der Waals surface area (Å²) in [4.78, 5) is 0.